The second kappa shape index (κ2) is 5.52. The van der Waals surface area contributed by atoms with Gasteiger partial charge in [-0.3, -0.25) is 0 Å². The third kappa shape index (κ3) is 2.68. The van der Waals surface area contributed by atoms with Crippen molar-refractivity contribution < 1.29 is 12.8 Å². The molecule has 1 aliphatic heterocycles. The normalized spacial score (nSPS) is 16.1. The Bertz CT molecular complexity index is 714. The lowest BCUT2D eigenvalue weighted by atomic mass is 10.1. The van der Waals surface area contributed by atoms with Crippen molar-refractivity contribution in [1.82, 2.24) is 4.98 Å². The fraction of sp³-hybridized carbons (Fsp3) is 0.400. The highest BCUT2D eigenvalue weighted by Gasteiger charge is 2.29. The van der Waals surface area contributed by atoms with Crippen LogP contribution in [0.25, 0.3) is 0 Å². The van der Waals surface area contributed by atoms with Crippen molar-refractivity contribution in [2.45, 2.75) is 36.1 Å². The number of aryl methyl sites for hydroxylation is 1. The molecule has 6 heteroatoms. The molecule has 5 nitrogen and oxygen atoms in total. The molecule has 0 N–H and O–H groups in total. The van der Waals surface area contributed by atoms with E-state index in [1.807, 2.05) is 11.8 Å². The van der Waals surface area contributed by atoms with E-state index in [4.69, 9.17) is 4.42 Å². The Morgan fingerprint density at radius 1 is 1.10 bits per heavy atom. The van der Waals surface area contributed by atoms with Crippen LogP contribution in [0, 0.1) is 6.92 Å². The number of oxazole rings is 1. The van der Waals surface area contributed by atoms with Crippen LogP contribution >= 0.6 is 0 Å². The minimum absolute atomic E-state index is 0.0215. The van der Waals surface area contributed by atoms with Crippen molar-refractivity contribution in [2.24, 2.45) is 0 Å². The van der Waals surface area contributed by atoms with Crippen molar-refractivity contribution in [2.75, 3.05) is 18.0 Å². The van der Waals surface area contributed by atoms with E-state index in [2.05, 4.69) is 4.98 Å². The van der Waals surface area contributed by atoms with Crippen LogP contribution in [-0.4, -0.2) is 26.5 Å². The number of rotatable bonds is 3. The molecule has 0 spiro atoms. The van der Waals surface area contributed by atoms with Gasteiger partial charge in [0, 0.05) is 13.1 Å². The summed E-state index contributed by atoms with van der Waals surface area (Å²) in [5.41, 5.74) is 1.02. The number of benzene rings is 1. The van der Waals surface area contributed by atoms with E-state index in [9.17, 15) is 8.42 Å². The van der Waals surface area contributed by atoms with Crippen LogP contribution in [0.1, 0.15) is 24.8 Å². The van der Waals surface area contributed by atoms with Crippen molar-refractivity contribution >= 4 is 15.7 Å². The van der Waals surface area contributed by atoms with Crippen LogP contribution in [0.2, 0.25) is 0 Å². The molecule has 0 amide bonds. The van der Waals surface area contributed by atoms with Gasteiger partial charge in [0.15, 0.2) is 6.39 Å². The van der Waals surface area contributed by atoms with Crippen molar-refractivity contribution in [3.63, 3.8) is 0 Å². The van der Waals surface area contributed by atoms with Crippen LogP contribution in [0.4, 0.5) is 5.88 Å². The first-order chi connectivity index (χ1) is 10.1. The molecule has 1 aliphatic rings. The quantitative estimate of drug-likeness (QED) is 0.872. The van der Waals surface area contributed by atoms with Crippen LogP contribution < -0.4 is 4.90 Å². The minimum Gasteiger partial charge on any atom is -0.426 e. The van der Waals surface area contributed by atoms with Gasteiger partial charge in [0.2, 0.25) is 20.7 Å². The van der Waals surface area contributed by atoms with Gasteiger partial charge in [-0.25, -0.2) is 13.4 Å². The molecule has 21 heavy (non-hydrogen) atoms. The van der Waals surface area contributed by atoms with Gasteiger partial charge in [0.1, 0.15) is 0 Å². The molecule has 0 unspecified atom stereocenters. The number of hydrogen-bond acceptors (Lipinski definition) is 5. The molecule has 1 saturated heterocycles. The summed E-state index contributed by atoms with van der Waals surface area (Å²) in [6.07, 6.45) is 4.48. The Labute approximate surface area is 124 Å². The van der Waals surface area contributed by atoms with E-state index in [1.165, 1.54) is 12.8 Å². The molecule has 0 aliphatic carbocycles. The van der Waals surface area contributed by atoms with E-state index in [-0.39, 0.29) is 9.92 Å². The minimum atomic E-state index is -3.64. The summed E-state index contributed by atoms with van der Waals surface area (Å²) in [6.45, 7) is 3.54. The van der Waals surface area contributed by atoms with E-state index in [1.54, 1.807) is 24.3 Å². The van der Waals surface area contributed by atoms with E-state index in [0.29, 0.717) is 5.88 Å². The number of anilines is 1. The molecule has 0 radical (unpaired) electrons. The number of hydrogen-bond donors (Lipinski definition) is 0. The highest BCUT2D eigenvalue weighted by molar-refractivity contribution is 7.91. The monoisotopic (exact) mass is 306 g/mol. The molecule has 2 heterocycles. The summed E-state index contributed by atoms with van der Waals surface area (Å²) in [7, 11) is -3.64. The van der Waals surface area contributed by atoms with Gasteiger partial charge in [0.05, 0.1) is 4.90 Å². The molecular weight excluding hydrogens is 288 g/mol. The maximum absolute atomic E-state index is 12.7. The average Bonchev–Trinajstić information content (AvgIpc) is 2.99. The summed E-state index contributed by atoms with van der Waals surface area (Å²) in [5, 5.41) is 0.0215. The molecule has 0 atom stereocenters. The van der Waals surface area contributed by atoms with Gasteiger partial charge >= 0.3 is 0 Å². The summed E-state index contributed by atoms with van der Waals surface area (Å²) in [5.74, 6) is 0.371. The Morgan fingerprint density at radius 3 is 2.43 bits per heavy atom. The fourth-order valence-electron chi connectivity index (χ4n) is 2.55. The van der Waals surface area contributed by atoms with Crippen LogP contribution in [0.3, 0.4) is 0 Å². The molecule has 3 rings (SSSR count). The first kappa shape index (κ1) is 14.1. The highest BCUT2D eigenvalue weighted by Crippen LogP contribution is 2.30. The van der Waals surface area contributed by atoms with Gasteiger partial charge in [-0.15, -0.1) is 0 Å². The number of sulfone groups is 1. The van der Waals surface area contributed by atoms with Crippen LogP contribution in [0.5, 0.6) is 0 Å². The summed E-state index contributed by atoms with van der Waals surface area (Å²) in [4.78, 5) is 6.19. The van der Waals surface area contributed by atoms with Gasteiger partial charge < -0.3 is 9.32 Å². The topological polar surface area (TPSA) is 63.4 Å². The standard InChI is InChI=1S/C15H18N2O3S/c1-12-5-7-13(8-6-12)21(18,19)14-15(20-11-16-14)17-9-3-2-4-10-17/h5-8,11H,2-4,9-10H2,1H3. The smallest absolute Gasteiger partial charge is 0.235 e. The average molecular weight is 306 g/mol. The number of aromatic nitrogens is 1. The third-order valence-corrected chi connectivity index (χ3v) is 5.43. The third-order valence-electron chi connectivity index (χ3n) is 3.75. The molecule has 1 aromatic heterocycles. The second-order valence-corrected chi connectivity index (χ2v) is 7.19. The summed E-state index contributed by atoms with van der Waals surface area (Å²) in [6, 6.07) is 6.79. The van der Waals surface area contributed by atoms with Gasteiger partial charge in [-0.1, -0.05) is 17.7 Å². The first-order valence-corrected chi connectivity index (χ1v) is 8.57. The van der Waals surface area contributed by atoms with Gasteiger partial charge in [-0.05, 0) is 38.3 Å². The zero-order valence-corrected chi connectivity index (χ0v) is 12.8. The maximum Gasteiger partial charge on any atom is 0.235 e. The maximum atomic E-state index is 12.7. The highest BCUT2D eigenvalue weighted by atomic mass is 32.2. The zero-order valence-electron chi connectivity index (χ0n) is 11.9. The Hall–Kier alpha value is -1.82. The summed E-state index contributed by atoms with van der Waals surface area (Å²) < 4.78 is 30.8. The lowest BCUT2D eigenvalue weighted by Gasteiger charge is -2.26. The number of piperidine rings is 1. The largest absolute Gasteiger partial charge is 0.426 e. The molecule has 2 aromatic rings. The fourth-order valence-corrected chi connectivity index (χ4v) is 3.86. The number of nitrogens with zero attached hydrogens (tertiary/aromatic N) is 2. The molecule has 112 valence electrons. The first-order valence-electron chi connectivity index (χ1n) is 7.09. The lowest BCUT2D eigenvalue weighted by molar-refractivity contribution is 0.492. The molecular formula is C15H18N2O3S. The van der Waals surface area contributed by atoms with Crippen molar-refractivity contribution in [3.8, 4) is 0 Å². The SMILES string of the molecule is Cc1ccc(S(=O)(=O)c2ncoc2N2CCCCC2)cc1. The lowest BCUT2D eigenvalue weighted by Crippen LogP contribution is -2.30. The van der Waals surface area contributed by atoms with Crippen LogP contribution in [0.15, 0.2) is 45.0 Å². The van der Waals surface area contributed by atoms with Crippen molar-refractivity contribution in [3.05, 3.63) is 36.2 Å². The Kier molecular flexibility index (Phi) is 3.71. The van der Waals surface area contributed by atoms with Crippen LogP contribution in [-0.2, 0) is 9.84 Å². The van der Waals surface area contributed by atoms with E-state index >= 15 is 0 Å². The summed E-state index contributed by atoms with van der Waals surface area (Å²) >= 11 is 0. The zero-order chi connectivity index (χ0) is 14.9. The predicted molar refractivity (Wildman–Crippen MR) is 79.2 cm³/mol. The predicted octanol–water partition coefficient (Wildman–Crippen LogP) is 2.81. The molecule has 0 bridgehead atoms. The van der Waals surface area contributed by atoms with Crippen molar-refractivity contribution in [1.29, 1.82) is 0 Å². The Balaban J connectivity index is 2.00. The Morgan fingerprint density at radius 2 is 1.76 bits per heavy atom. The molecule has 1 fully saturated rings. The second-order valence-electron chi connectivity index (χ2n) is 5.33. The molecule has 0 saturated carbocycles. The van der Waals surface area contributed by atoms with E-state index in [0.717, 1.165) is 31.5 Å². The van der Waals surface area contributed by atoms with E-state index < -0.39 is 9.84 Å². The molecule has 1 aromatic carbocycles. The van der Waals surface area contributed by atoms with Gasteiger partial charge in [0.25, 0.3) is 0 Å². The van der Waals surface area contributed by atoms with Gasteiger partial charge in [-0.2, -0.15) is 0 Å².